The Morgan fingerprint density at radius 1 is 0.955 bits per heavy atom. The second-order valence-corrected chi connectivity index (χ2v) is 7.04. The molecule has 4 aliphatic carbocycles. The topological polar surface area (TPSA) is 37.4 Å². The molecule has 0 radical (unpaired) electrons. The second-order valence-electron chi connectivity index (χ2n) is 7.04. The van der Waals surface area contributed by atoms with Gasteiger partial charge in [-0.3, -0.25) is 14.5 Å². The smallest absolute Gasteiger partial charge is 0.234 e. The van der Waals surface area contributed by atoms with Crippen molar-refractivity contribution in [3.05, 3.63) is 47.8 Å². The molecule has 112 valence electrons. The molecule has 2 amide bonds. The zero-order chi connectivity index (χ0) is 15.0. The Balaban J connectivity index is 1.46. The number of benzene rings is 1. The fourth-order valence-corrected chi connectivity index (χ4v) is 4.95. The Bertz CT molecular complexity index is 674. The number of imide groups is 1. The Kier molecular flexibility index (Phi) is 2.32. The minimum atomic E-state index is -0.307. The van der Waals surface area contributed by atoms with E-state index in [0.717, 1.165) is 5.56 Å². The molecule has 2 saturated carbocycles. The average molecular weight is 297 g/mol. The predicted octanol–water partition coefficient (Wildman–Crippen LogP) is 2.38. The van der Waals surface area contributed by atoms with Gasteiger partial charge in [-0.05, 0) is 47.8 Å². The number of likely N-dealkylation sites (tertiary alicyclic amines) is 1. The molecule has 1 aromatic carbocycles. The molecule has 6 rings (SSSR count). The maximum absolute atomic E-state index is 13.0. The molecular formula is C18H16FNO2. The fourth-order valence-electron chi connectivity index (χ4n) is 4.95. The van der Waals surface area contributed by atoms with Crippen molar-refractivity contribution in [3.63, 3.8) is 0 Å². The quantitative estimate of drug-likeness (QED) is 0.621. The van der Waals surface area contributed by atoms with Crippen molar-refractivity contribution in [2.24, 2.45) is 35.5 Å². The van der Waals surface area contributed by atoms with E-state index in [-0.39, 0.29) is 47.8 Å². The van der Waals surface area contributed by atoms with E-state index in [1.165, 1.54) is 23.5 Å². The maximum Gasteiger partial charge on any atom is 0.234 e. The first-order chi connectivity index (χ1) is 10.6. The Labute approximate surface area is 127 Å². The second kappa shape index (κ2) is 4.06. The van der Waals surface area contributed by atoms with Gasteiger partial charge in [0.15, 0.2) is 0 Å². The van der Waals surface area contributed by atoms with Crippen LogP contribution in [0.1, 0.15) is 12.0 Å². The van der Waals surface area contributed by atoms with E-state index in [1.54, 1.807) is 12.1 Å². The zero-order valence-electron chi connectivity index (χ0n) is 12.0. The van der Waals surface area contributed by atoms with Crippen LogP contribution in [0.4, 0.5) is 4.39 Å². The van der Waals surface area contributed by atoms with Crippen molar-refractivity contribution < 1.29 is 14.0 Å². The molecule has 1 heterocycles. The van der Waals surface area contributed by atoms with Crippen LogP contribution in [0.2, 0.25) is 0 Å². The summed E-state index contributed by atoms with van der Waals surface area (Å²) in [6.07, 6.45) is 5.52. The number of rotatable bonds is 2. The number of hydrogen-bond acceptors (Lipinski definition) is 2. The molecule has 1 aromatic rings. The number of amides is 2. The fraction of sp³-hybridized carbons (Fsp3) is 0.444. The minimum absolute atomic E-state index is 0.0241. The Hall–Kier alpha value is -1.97. The van der Waals surface area contributed by atoms with Crippen LogP contribution in [0.3, 0.4) is 0 Å². The van der Waals surface area contributed by atoms with E-state index in [2.05, 4.69) is 12.2 Å². The van der Waals surface area contributed by atoms with Crippen molar-refractivity contribution in [3.8, 4) is 0 Å². The molecular weight excluding hydrogens is 281 g/mol. The van der Waals surface area contributed by atoms with Gasteiger partial charge in [-0.15, -0.1) is 0 Å². The van der Waals surface area contributed by atoms with Crippen LogP contribution in [0.5, 0.6) is 0 Å². The Morgan fingerprint density at radius 3 is 2.05 bits per heavy atom. The predicted molar refractivity (Wildman–Crippen MR) is 76.7 cm³/mol. The van der Waals surface area contributed by atoms with Crippen LogP contribution in [0.25, 0.3) is 0 Å². The molecule has 3 nitrogen and oxygen atoms in total. The summed E-state index contributed by atoms with van der Waals surface area (Å²) in [5, 5.41) is 0. The summed E-state index contributed by atoms with van der Waals surface area (Å²) in [4.78, 5) is 26.9. The van der Waals surface area contributed by atoms with Crippen molar-refractivity contribution in [1.29, 1.82) is 0 Å². The number of carbonyl (C=O) groups is 2. The monoisotopic (exact) mass is 297 g/mol. The van der Waals surface area contributed by atoms with Gasteiger partial charge in [0.1, 0.15) is 5.82 Å². The normalized spacial score (nSPS) is 40.9. The number of halogens is 1. The summed E-state index contributed by atoms with van der Waals surface area (Å²) in [7, 11) is 0. The average Bonchev–Trinajstić information content (AvgIpc) is 3.30. The maximum atomic E-state index is 13.0. The highest BCUT2D eigenvalue weighted by molar-refractivity contribution is 6.06. The number of carbonyl (C=O) groups excluding carboxylic acids is 2. The van der Waals surface area contributed by atoms with Gasteiger partial charge in [-0.1, -0.05) is 24.3 Å². The standard InChI is InChI=1S/C18H16FNO2/c19-10-3-1-9(2-4-10)8-20-17(21)15-11-5-6-12(14-7-13(11)14)16(15)18(20)22/h1-6,11-16H,7-8H2/t11-,12+,13-,14+,15-,16+. The van der Waals surface area contributed by atoms with E-state index >= 15 is 0 Å². The van der Waals surface area contributed by atoms with Crippen molar-refractivity contribution in [1.82, 2.24) is 4.90 Å². The first kappa shape index (κ1) is 12.6. The van der Waals surface area contributed by atoms with Gasteiger partial charge in [0, 0.05) is 0 Å². The van der Waals surface area contributed by atoms with Crippen molar-refractivity contribution in [2.45, 2.75) is 13.0 Å². The van der Waals surface area contributed by atoms with Gasteiger partial charge >= 0.3 is 0 Å². The van der Waals surface area contributed by atoms with E-state index in [4.69, 9.17) is 0 Å². The van der Waals surface area contributed by atoms with Crippen LogP contribution < -0.4 is 0 Å². The number of allylic oxidation sites excluding steroid dienone is 2. The van der Waals surface area contributed by atoms with Gasteiger partial charge < -0.3 is 0 Å². The molecule has 3 fully saturated rings. The highest BCUT2D eigenvalue weighted by Crippen LogP contribution is 2.65. The molecule has 0 aromatic heterocycles. The molecule has 5 aliphatic rings. The summed E-state index contributed by atoms with van der Waals surface area (Å²) >= 11 is 0. The summed E-state index contributed by atoms with van der Waals surface area (Å²) in [6.45, 7) is 0.264. The van der Waals surface area contributed by atoms with Gasteiger partial charge in [0.05, 0.1) is 18.4 Å². The molecule has 1 saturated heterocycles. The molecule has 4 heteroatoms. The third-order valence-electron chi connectivity index (χ3n) is 6.01. The summed E-state index contributed by atoms with van der Waals surface area (Å²) < 4.78 is 13.0. The van der Waals surface area contributed by atoms with Crippen LogP contribution in [0.15, 0.2) is 36.4 Å². The van der Waals surface area contributed by atoms with E-state index in [0.29, 0.717) is 11.8 Å². The third-order valence-corrected chi connectivity index (χ3v) is 6.01. The van der Waals surface area contributed by atoms with Crippen LogP contribution in [0, 0.1) is 41.3 Å². The SMILES string of the molecule is O=C1[C@@H]2[C@@H]3C=C[C@@H]([C@@H]4C[C@H]34)[C@@H]2C(=O)N1Cc1ccc(F)cc1. The van der Waals surface area contributed by atoms with Crippen molar-refractivity contribution in [2.75, 3.05) is 0 Å². The van der Waals surface area contributed by atoms with E-state index in [1.807, 2.05) is 0 Å². The van der Waals surface area contributed by atoms with Crippen LogP contribution in [-0.4, -0.2) is 16.7 Å². The third kappa shape index (κ3) is 1.50. The lowest BCUT2D eigenvalue weighted by molar-refractivity contribution is -0.140. The lowest BCUT2D eigenvalue weighted by atomic mass is 9.63. The van der Waals surface area contributed by atoms with Crippen molar-refractivity contribution >= 4 is 11.8 Å². The highest BCUT2D eigenvalue weighted by Gasteiger charge is 2.66. The first-order valence-electron chi connectivity index (χ1n) is 7.93. The molecule has 2 bridgehead atoms. The van der Waals surface area contributed by atoms with Crippen LogP contribution in [-0.2, 0) is 16.1 Å². The molecule has 0 spiro atoms. The van der Waals surface area contributed by atoms with Gasteiger partial charge in [-0.2, -0.15) is 0 Å². The first-order valence-corrected chi connectivity index (χ1v) is 7.93. The van der Waals surface area contributed by atoms with Crippen LogP contribution >= 0.6 is 0 Å². The summed E-state index contributed by atoms with van der Waals surface area (Å²) in [6, 6.07) is 6.02. The number of hydrogen-bond donors (Lipinski definition) is 0. The van der Waals surface area contributed by atoms with Gasteiger partial charge in [0.2, 0.25) is 11.8 Å². The molecule has 22 heavy (non-hydrogen) atoms. The minimum Gasteiger partial charge on any atom is -0.278 e. The molecule has 0 unspecified atom stereocenters. The molecule has 0 N–H and O–H groups in total. The zero-order valence-corrected chi connectivity index (χ0v) is 12.0. The lowest BCUT2D eigenvalue weighted by Crippen LogP contribution is -2.40. The molecule has 6 atom stereocenters. The van der Waals surface area contributed by atoms with E-state index < -0.39 is 0 Å². The lowest BCUT2D eigenvalue weighted by Gasteiger charge is -2.37. The van der Waals surface area contributed by atoms with E-state index in [9.17, 15) is 14.0 Å². The number of nitrogens with zero attached hydrogens (tertiary/aromatic N) is 1. The highest BCUT2D eigenvalue weighted by atomic mass is 19.1. The van der Waals surface area contributed by atoms with Gasteiger partial charge in [-0.25, -0.2) is 4.39 Å². The Morgan fingerprint density at radius 2 is 1.50 bits per heavy atom. The summed E-state index contributed by atoms with van der Waals surface area (Å²) in [5.74, 6) is 1.12. The summed E-state index contributed by atoms with van der Waals surface area (Å²) in [5.41, 5.74) is 0.798. The molecule has 1 aliphatic heterocycles. The van der Waals surface area contributed by atoms with Gasteiger partial charge in [0.25, 0.3) is 0 Å². The largest absolute Gasteiger partial charge is 0.278 e.